The third-order valence-electron chi connectivity index (χ3n) is 2.85. The zero-order valence-electron chi connectivity index (χ0n) is 10.9. The van der Waals surface area contributed by atoms with Gasteiger partial charge in [0.15, 0.2) is 0 Å². The van der Waals surface area contributed by atoms with Gasteiger partial charge >= 0.3 is 5.97 Å². The van der Waals surface area contributed by atoms with Gasteiger partial charge < -0.3 is 15.6 Å². The fourth-order valence-corrected chi connectivity index (χ4v) is 1.81. The number of carboxylic acid groups (broad SMARTS) is 1. The minimum absolute atomic E-state index is 0.0188. The molecule has 0 fully saturated rings. The molecule has 3 N–H and O–H groups in total. The standard InChI is InChI=1S/C15H12FNO4/c16-13-7-10(5-6-12(13)15(19)20)21-8-9-3-1-2-4-11(9)14(17)18/h1-7H,8H2,(H2,17,18)(H,19,20). The maximum Gasteiger partial charge on any atom is 0.338 e. The van der Waals surface area contributed by atoms with Crippen LogP contribution in [0.25, 0.3) is 0 Å². The number of carbonyl (C=O) groups is 2. The van der Waals surface area contributed by atoms with E-state index in [4.69, 9.17) is 15.6 Å². The average Bonchev–Trinajstić information content (AvgIpc) is 2.45. The number of carbonyl (C=O) groups excluding carboxylic acids is 1. The van der Waals surface area contributed by atoms with E-state index in [0.717, 1.165) is 12.1 Å². The van der Waals surface area contributed by atoms with Gasteiger partial charge in [-0.3, -0.25) is 4.79 Å². The lowest BCUT2D eigenvalue weighted by Gasteiger charge is -2.09. The van der Waals surface area contributed by atoms with Gasteiger partial charge in [-0.1, -0.05) is 18.2 Å². The number of nitrogens with two attached hydrogens (primary N) is 1. The van der Waals surface area contributed by atoms with Crippen molar-refractivity contribution in [3.63, 3.8) is 0 Å². The van der Waals surface area contributed by atoms with E-state index in [1.165, 1.54) is 6.07 Å². The molecule has 2 aromatic rings. The van der Waals surface area contributed by atoms with Crippen molar-refractivity contribution in [2.75, 3.05) is 0 Å². The summed E-state index contributed by atoms with van der Waals surface area (Å²) in [5, 5.41) is 8.73. The molecule has 0 aromatic heterocycles. The predicted octanol–water partition coefficient (Wildman–Crippen LogP) is 2.20. The quantitative estimate of drug-likeness (QED) is 0.883. The first-order valence-electron chi connectivity index (χ1n) is 6.02. The molecular weight excluding hydrogens is 277 g/mol. The molecule has 0 atom stereocenters. The van der Waals surface area contributed by atoms with Crippen LogP contribution in [0.5, 0.6) is 5.75 Å². The van der Waals surface area contributed by atoms with Crippen LogP contribution in [0.3, 0.4) is 0 Å². The second-order valence-electron chi connectivity index (χ2n) is 4.26. The van der Waals surface area contributed by atoms with Crippen molar-refractivity contribution >= 4 is 11.9 Å². The normalized spacial score (nSPS) is 10.1. The SMILES string of the molecule is NC(=O)c1ccccc1COc1ccc(C(=O)O)c(F)c1. The van der Waals surface area contributed by atoms with E-state index in [2.05, 4.69) is 0 Å². The molecule has 0 heterocycles. The van der Waals surface area contributed by atoms with Gasteiger partial charge in [-0.15, -0.1) is 0 Å². The molecule has 0 aliphatic carbocycles. The topological polar surface area (TPSA) is 89.6 Å². The van der Waals surface area contributed by atoms with Crippen LogP contribution in [0, 0.1) is 5.82 Å². The molecule has 0 aliphatic heterocycles. The van der Waals surface area contributed by atoms with Gasteiger partial charge in [0.2, 0.25) is 5.91 Å². The highest BCUT2D eigenvalue weighted by Gasteiger charge is 2.12. The highest BCUT2D eigenvalue weighted by atomic mass is 19.1. The molecule has 5 nitrogen and oxygen atoms in total. The fourth-order valence-electron chi connectivity index (χ4n) is 1.81. The van der Waals surface area contributed by atoms with Gasteiger partial charge in [0.25, 0.3) is 0 Å². The van der Waals surface area contributed by atoms with Crippen molar-refractivity contribution in [3.05, 3.63) is 65.0 Å². The molecule has 0 unspecified atom stereocenters. The molecule has 0 aliphatic rings. The highest BCUT2D eigenvalue weighted by Crippen LogP contribution is 2.19. The zero-order valence-corrected chi connectivity index (χ0v) is 10.9. The Kier molecular flexibility index (Phi) is 4.18. The molecule has 108 valence electrons. The van der Waals surface area contributed by atoms with Gasteiger partial charge in [0, 0.05) is 17.2 Å². The van der Waals surface area contributed by atoms with Gasteiger partial charge in [-0.25, -0.2) is 9.18 Å². The van der Waals surface area contributed by atoms with E-state index in [-0.39, 0.29) is 12.4 Å². The Balaban J connectivity index is 2.16. The van der Waals surface area contributed by atoms with Gasteiger partial charge in [-0.05, 0) is 18.2 Å². The molecule has 0 saturated carbocycles. The summed E-state index contributed by atoms with van der Waals surface area (Å²) < 4.78 is 18.9. The minimum Gasteiger partial charge on any atom is -0.489 e. The fraction of sp³-hybridized carbons (Fsp3) is 0.0667. The summed E-state index contributed by atoms with van der Waals surface area (Å²) in [5.41, 5.74) is 5.69. The molecule has 0 saturated heterocycles. The van der Waals surface area contributed by atoms with Crippen molar-refractivity contribution in [2.45, 2.75) is 6.61 Å². The van der Waals surface area contributed by atoms with E-state index in [1.54, 1.807) is 24.3 Å². The van der Waals surface area contributed by atoms with Crippen molar-refractivity contribution in [1.29, 1.82) is 0 Å². The monoisotopic (exact) mass is 289 g/mol. The predicted molar refractivity (Wildman–Crippen MR) is 72.7 cm³/mol. The number of amides is 1. The lowest BCUT2D eigenvalue weighted by atomic mass is 10.1. The summed E-state index contributed by atoms with van der Waals surface area (Å²) in [7, 11) is 0. The van der Waals surface area contributed by atoms with Crippen molar-refractivity contribution in [2.24, 2.45) is 5.73 Å². The summed E-state index contributed by atoms with van der Waals surface area (Å²) in [6, 6.07) is 10.1. The summed E-state index contributed by atoms with van der Waals surface area (Å²) >= 11 is 0. The number of hydrogen-bond donors (Lipinski definition) is 2. The molecule has 21 heavy (non-hydrogen) atoms. The van der Waals surface area contributed by atoms with E-state index in [9.17, 15) is 14.0 Å². The van der Waals surface area contributed by atoms with Crippen LogP contribution in [0.4, 0.5) is 4.39 Å². The molecule has 2 aromatic carbocycles. The van der Waals surface area contributed by atoms with Gasteiger partial charge in [0.1, 0.15) is 18.2 Å². The zero-order chi connectivity index (χ0) is 15.4. The van der Waals surface area contributed by atoms with E-state index >= 15 is 0 Å². The summed E-state index contributed by atoms with van der Waals surface area (Å²) in [6.45, 7) is 0.0188. The minimum atomic E-state index is -1.35. The van der Waals surface area contributed by atoms with Crippen molar-refractivity contribution < 1.29 is 23.8 Å². The second kappa shape index (κ2) is 6.04. The Morgan fingerprint density at radius 1 is 1.14 bits per heavy atom. The van der Waals surface area contributed by atoms with Crippen LogP contribution in [-0.2, 0) is 6.61 Å². The lowest BCUT2D eigenvalue weighted by Crippen LogP contribution is -2.14. The number of benzene rings is 2. The van der Waals surface area contributed by atoms with Crippen LogP contribution in [0.15, 0.2) is 42.5 Å². The van der Waals surface area contributed by atoms with Crippen LogP contribution < -0.4 is 10.5 Å². The molecule has 0 spiro atoms. The Labute approximate surface area is 119 Å². The first-order chi connectivity index (χ1) is 9.99. The maximum atomic E-state index is 13.5. The van der Waals surface area contributed by atoms with E-state index in [0.29, 0.717) is 11.1 Å². The van der Waals surface area contributed by atoms with Gasteiger partial charge in [-0.2, -0.15) is 0 Å². The summed E-state index contributed by atoms with van der Waals surface area (Å²) in [4.78, 5) is 21.9. The first kappa shape index (κ1) is 14.5. The van der Waals surface area contributed by atoms with Crippen LogP contribution in [-0.4, -0.2) is 17.0 Å². The lowest BCUT2D eigenvalue weighted by molar-refractivity contribution is 0.0691. The number of hydrogen-bond acceptors (Lipinski definition) is 3. The molecule has 1 amide bonds. The Hall–Kier alpha value is -2.89. The Bertz CT molecular complexity index is 700. The van der Waals surface area contributed by atoms with Crippen LogP contribution >= 0.6 is 0 Å². The Morgan fingerprint density at radius 3 is 2.48 bits per heavy atom. The average molecular weight is 289 g/mol. The number of aromatic carboxylic acids is 1. The molecule has 0 radical (unpaired) electrons. The number of ether oxygens (including phenoxy) is 1. The van der Waals surface area contributed by atoms with Crippen molar-refractivity contribution in [1.82, 2.24) is 0 Å². The van der Waals surface area contributed by atoms with Crippen LogP contribution in [0.1, 0.15) is 26.3 Å². The number of halogens is 1. The molecule has 0 bridgehead atoms. The van der Waals surface area contributed by atoms with Crippen molar-refractivity contribution in [3.8, 4) is 5.75 Å². The molecule has 6 heteroatoms. The largest absolute Gasteiger partial charge is 0.489 e. The summed E-state index contributed by atoms with van der Waals surface area (Å²) in [5.74, 6) is -2.65. The second-order valence-corrected chi connectivity index (χ2v) is 4.26. The number of carboxylic acids is 1. The first-order valence-corrected chi connectivity index (χ1v) is 6.02. The third kappa shape index (κ3) is 3.36. The third-order valence-corrected chi connectivity index (χ3v) is 2.85. The van der Waals surface area contributed by atoms with Gasteiger partial charge in [0.05, 0.1) is 5.56 Å². The molecular formula is C15H12FNO4. The smallest absolute Gasteiger partial charge is 0.338 e. The van der Waals surface area contributed by atoms with Crippen LogP contribution in [0.2, 0.25) is 0 Å². The highest BCUT2D eigenvalue weighted by molar-refractivity contribution is 5.94. The molecule has 2 rings (SSSR count). The number of primary amides is 1. The van der Waals surface area contributed by atoms with E-state index in [1.807, 2.05) is 0 Å². The summed E-state index contributed by atoms with van der Waals surface area (Å²) in [6.07, 6.45) is 0. The Morgan fingerprint density at radius 2 is 1.86 bits per heavy atom. The maximum absolute atomic E-state index is 13.5. The number of rotatable bonds is 5. The van der Waals surface area contributed by atoms with E-state index < -0.39 is 23.3 Å².